The Morgan fingerprint density at radius 2 is 1.90 bits per heavy atom. The van der Waals surface area contributed by atoms with Gasteiger partial charge in [0.2, 0.25) is 0 Å². The summed E-state index contributed by atoms with van der Waals surface area (Å²) in [5.41, 5.74) is 4.24. The van der Waals surface area contributed by atoms with Crippen LogP contribution in [0.2, 0.25) is 0 Å². The fourth-order valence-electron chi connectivity index (χ4n) is 3.11. The van der Waals surface area contributed by atoms with Crippen LogP contribution in [0.15, 0.2) is 12.1 Å². The van der Waals surface area contributed by atoms with Crippen LogP contribution in [0, 0.1) is 0 Å². The van der Waals surface area contributed by atoms with Crippen molar-refractivity contribution < 1.29 is 4.74 Å². The Bertz CT molecular complexity index is 473. The Kier molecular flexibility index (Phi) is 4.43. The third-order valence-corrected chi connectivity index (χ3v) is 4.25. The van der Waals surface area contributed by atoms with Crippen molar-refractivity contribution in [2.45, 2.75) is 71.4 Å². The van der Waals surface area contributed by atoms with Crippen molar-refractivity contribution in [3.63, 3.8) is 0 Å². The van der Waals surface area contributed by atoms with E-state index in [4.69, 9.17) is 4.74 Å². The molecule has 0 radical (unpaired) electrons. The molecule has 1 aliphatic rings. The highest BCUT2D eigenvalue weighted by Gasteiger charge is 2.36. The number of hydrogen-bond donors (Lipinski definition) is 1. The van der Waals surface area contributed by atoms with Gasteiger partial charge in [0, 0.05) is 11.1 Å². The molecule has 0 bridgehead atoms. The van der Waals surface area contributed by atoms with Crippen LogP contribution in [-0.4, -0.2) is 13.2 Å². The number of rotatable bonds is 4. The molecule has 2 unspecified atom stereocenters. The van der Waals surface area contributed by atoms with E-state index in [0.717, 1.165) is 25.0 Å². The second kappa shape index (κ2) is 5.77. The van der Waals surface area contributed by atoms with Gasteiger partial charge < -0.3 is 10.1 Å². The molecule has 1 N–H and O–H groups in total. The van der Waals surface area contributed by atoms with Gasteiger partial charge in [0.1, 0.15) is 11.9 Å². The van der Waals surface area contributed by atoms with Gasteiger partial charge in [0.25, 0.3) is 0 Å². The largest absolute Gasteiger partial charge is 0.488 e. The van der Waals surface area contributed by atoms with Crippen molar-refractivity contribution >= 4 is 0 Å². The number of benzene rings is 1. The maximum Gasteiger partial charge on any atom is 0.128 e. The molecule has 0 amide bonds. The molecule has 20 heavy (non-hydrogen) atoms. The van der Waals surface area contributed by atoms with E-state index in [0.29, 0.717) is 6.04 Å². The van der Waals surface area contributed by atoms with Gasteiger partial charge in [-0.15, -0.1) is 0 Å². The molecule has 0 fully saturated rings. The molecule has 0 aliphatic carbocycles. The summed E-state index contributed by atoms with van der Waals surface area (Å²) in [5, 5.41) is 3.46. The first-order valence-corrected chi connectivity index (χ1v) is 7.93. The van der Waals surface area contributed by atoms with Crippen LogP contribution in [0.3, 0.4) is 0 Å². The van der Waals surface area contributed by atoms with E-state index in [9.17, 15) is 0 Å². The van der Waals surface area contributed by atoms with Crippen molar-refractivity contribution in [2.75, 3.05) is 7.05 Å². The lowest BCUT2D eigenvalue weighted by Crippen LogP contribution is -2.28. The van der Waals surface area contributed by atoms with E-state index in [1.165, 1.54) is 16.7 Å². The summed E-state index contributed by atoms with van der Waals surface area (Å²) in [6.07, 6.45) is 3.60. The SMILES string of the molecule is CCCC1Oc2c(cc(CC)cc2C(C)(C)C)C1NC. The molecule has 2 rings (SSSR count). The summed E-state index contributed by atoms with van der Waals surface area (Å²) in [4.78, 5) is 0. The van der Waals surface area contributed by atoms with Gasteiger partial charge in [-0.2, -0.15) is 0 Å². The fourth-order valence-corrected chi connectivity index (χ4v) is 3.11. The summed E-state index contributed by atoms with van der Waals surface area (Å²) < 4.78 is 6.35. The van der Waals surface area contributed by atoms with Crippen molar-refractivity contribution in [3.05, 3.63) is 28.8 Å². The average Bonchev–Trinajstić information content (AvgIpc) is 2.73. The summed E-state index contributed by atoms with van der Waals surface area (Å²) in [6.45, 7) is 11.3. The number of nitrogens with one attached hydrogen (secondary N) is 1. The van der Waals surface area contributed by atoms with Crippen LogP contribution in [0.5, 0.6) is 5.75 Å². The van der Waals surface area contributed by atoms with Gasteiger partial charge in [-0.25, -0.2) is 0 Å². The predicted octanol–water partition coefficient (Wildman–Crippen LogP) is 4.37. The molecule has 1 aromatic rings. The monoisotopic (exact) mass is 275 g/mol. The highest BCUT2D eigenvalue weighted by Crippen LogP contribution is 2.45. The minimum Gasteiger partial charge on any atom is -0.488 e. The molecule has 1 aliphatic heterocycles. The molecular formula is C18H29NO. The first-order valence-electron chi connectivity index (χ1n) is 7.93. The molecule has 0 aromatic heterocycles. The number of ether oxygens (including phenoxy) is 1. The smallest absolute Gasteiger partial charge is 0.128 e. The molecule has 0 spiro atoms. The van der Waals surface area contributed by atoms with Crippen LogP contribution in [0.1, 0.15) is 70.2 Å². The third kappa shape index (κ3) is 2.71. The van der Waals surface area contributed by atoms with Crippen molar-refractivity contribution in [2.24, 2.45) is 0 Å². The molecule has 1 aromatic carbocycles. The Morgan fingerprint density at radius 3 is 2.40 bits per heavy atom. The molecule has 0 saturated carbocycles. The van der Waals surface area contributed by atoms with Crippen LogP contribution in [0.4, 0.5) is 0 Å². The van der Waals surface area contributed by atoms with Crippen molar-refractivity contribution in [3.8, 4) is 5.75 Å². The molecule has 2 heteroatoms. The van der Waals surface area contributed by atoms with E-state index in [2.05, 4.69) is 52.1 Å². The lowest BCUT2D eigenvalue weighted by Gasteiger charge is -2.23. The van der Waals surface area contributed by atoms with Crippen molar-refractivity contribution in [1.29, 1.82) is 0 Å². The third-order valence-electron chi connectivity index (χ3n) is 4.25. The maximum absolute atomic E-state index is 6.35. The van der Waals surface area contributed by atoms with E-state index in [1.807, 2.05) is 7.05 Å². The molecule has 0 saturated heterocycles. The first kappa shape index (κ1) is 15.4. The molecule has 112 valence electrons. The van der Waals surface area contributed by atoms with Gasteiger partial charge >= 0.3 is 0 Å². The summed E-state index contributed by atoms with van der Waals surface area (Å²) in [7, 11) is 2.04. The second-order valence-corrected chi connectivity index (χ2v) is 6.88. The predicted molar refractivity (Wildman–Crippen MR) is 85.6 cm³/mol. The Balaban J connectivity index is 2.53. The van der Waals surface area contributed by atoms with Gasteiger partial charge in [0.15, 0.2) is 0 Å². The molecule has 1 heterocycles. The quantitative estimate of drug-likeness (QED) is 0.881. The van der Waals surface area contributed by atoms with E-state index in [1.54, 1.807) is 0 Å². The Morgan fingerprint density at radius 1 is 1.20 bits per heavy atom. The van der Waals surface area contributed by atoms with E-state index < -0.39 is 0 Å². The normalized spacial score (nSPS) is 21.7. The first-order chi connectivity index (χ1) is 9.42. The number of aryl methyl sites for hydroxylation is 1. The minimum absolute atomic E-state index is 0.120. The zero-order valence-electron chi connectivity index (χ0n) is 13.8. The van der Waals surface area contributed by atoms with Gasteiger partial charge in [0.05, 0.1) is 6.04 Å². The van der Waals surface area contributed by atoms with Gasteiger partial charge in [-0.05, 0) is 30.9 Å². The van der Waals surface area contributed by atoms with E-state index in [-0.39, 0.29) is 11.5 Å². The van der Waals surface area contributed by atoms with Crippen LogP contribution in [-0.2, 0) is 11.8 Å². The lowest BCUT2D eigenvalue weighted by atomic mass is 9.83. The number of hydrogen-bond acceptors (Lipinski definition) is 2. The average molecular weight is 275 g/mol. The Hall–Kier alpha value is -1.02. The van der Waals surface area contributed by atoms with E-state index >= 15 is 0 Å². The minimum atomic E-state index is 0.120. The Labute approximate surface area is 123 Å². The van der Waals surface area contributed by atoms with Gasteiger partial charge in [-0.1, -0.05) is 53.2 Å². The standard InChI is InChI=1S/C18H29NO/c1-7-9-15-16(19-6)13-10-12(8-2)11-14(17(13)20-15)18(3,4)5/h10-11,15-16,19H,7-9H2,1-6H3. The second-order valence-electron chi connectivity index (χ2n) is 6.88. The van der Waals surface area contributed by atoms with Gasteiger partial charge in [-0.3, -0.25) is 0 Å². The summed E-state index contributed by atoms with van der Waals surface area (Å²) in [6, 6.07) is 5.00. The molecule has 2 nitrogen and oxygen atoms in total. The highest BCUT2D eigenvalue weighted by atomic mass is 16.5. The van der Waals surface area contributed by atoms with Crippen molar-refractivity contribution in [1.82, 2.24) is 5.32 Å². The maximum atomic E-state index is 6.35. The fraction of sp³-hybridized carbons (Fsp3) is 0.667. The van der Waals surface area contributed by atoms with Crippen LogP contribution >= 0.6 is 0 Å². The molecular weight excluding hydrogens is 246 g/mol. The molecule has 2 atom stereocenters. The van der Waals surface area contributed by atoms with Crippen LogP contribution in [0.25, 0.3) is 0 Å². The number of likely N-dealkylation sites (N-methyl/N-ethyl adjacent to an activating group) is 1. The zero-order chi connectivity index (χ0) is 14.9. The summed E-state index contributed by atoms with van der Waals surface area (Å²) in [5.74, 6) is 1.13. The zero-order valence-corrected chi connectivity index (χ0v) is 13.8. The highest BCUT2D eigenvalue weighted by molar-refractivity contribution is 5.52. The van der Waals surface area contributed by atoms with Crippen LogP contribution < -0.4 is 10.1 Å². The summed E-state index contributed by atoms with van der Waals surface area (Å²) >= 11 is 0. The topological polar surface area (TPSA) is 21.3 Å². The number of fused-ring (bicyclic) bond motifs is 1. The lowest BCUT2D eigenvalue weighted by molar-refractivity contribution is 0.179.